The molecule has 0 fully saturated rings. The number of aliphatic imine (C=N–C) groups is 1. The van der Waals surface area contributed by atoms with E-state index in [1.54, 1.807) is 0 Å². The number of rotatable bonds is 3. The predicted molar refractivity (Wildman–Crippen MR) is 72.9 cm³/mol. The lowest BCUT2D eigenvalue weighted by Gasteiger charge is -2.07. The van der Waals surface area contributed by atoms with E-state index < -0.39 is 0 Å². The number of hydrogen-bond donors (Lipinski definition) is 0. The molecule has 0 bridgehead atoms. The van der Waals surface area contributed by atoms with Crippen molar-refractivity contribution >= 4 is 5.90 Å². The highest BCUT2D eigenvalue weighted by Crippen LogP contribution is 2.32. The van der Waals surface area contributed by atoms with E-state index >= 15 is 0 Å². The average molecular weight is 259 g/mol. The van der Waals surface area contributed by atoms with E-state index in [1.807, 2.05) is 24.3 Å². The third kappa shape index (κ3) is 2.72. The molecule has 0 amide bonds. The van der Waals surface area contributed by atoms with E-state index in [9.17, 15) is 0 Å². The van der Waals surface area contributed by atoms with Crippen LogP contribution in [0.15, 0.2) is 35.3 Å². The van der Waals surface area contributed by atoms with Gasteiger partial charge < -0.3 is 14.2 Å². The molecule has 1 aromatic rings. The van der Waals surface area contributed by atoms with E-state index in [-0.39, 0.29) is 5.54 Å². The first kappa shape index (κ1) is 12.1. The van der Waals surface area contributed by atoms with Crippen LogP contribution in [0.4, 0.5) is 0 Å². The molecule has 0 unspecified atom stereocenters. The molecule has 0 aliphatic carbocycles. The van der Waals surface area contributed by atoms with E-state index in [1.165, 1.54) is 5.56 Å². The summed E-state index contributed by atoms with van der Waals surface area (Å²) in [4.78, 5) is 4.47. The number of allylic oxidation sites excluding steroid dienone is 1. The number of ether oxygens (including phenoxy) is 3. The molecule has 0 N–H and O–H groups in total. The maximum Gasteiger partial charge on any atom is 0.231 e. The summed E-state index contributed by atoms with van der Waals surface area (Å²) < 4.78 is 16.1. The molecule has 4 nitrogen and oxygen atoms in total. The van der Waals surface area contributed by atoms with Crippen molar-refractivity contribution in [3.05, 3.63) is 35.9 Å². The fourth-order valence-corrected chi connectivity index (χ4v) is 2.06. The van der Waals surface area contributed by atoms with Gasteiger partial charge in [-0.25, -0.2) is 4.99 Å². The molecule has 0 saturated heterocycles. The monoisotopic (exact) mass is 259 g/mol. The van der Waals surface area contributed by atoms with Crippen molar-refractivity contribution in [1.82, 2.24) is 0 Å². The molecule has 2 aliphatic heterocycles. The number of nitrogens with zero attached hydrogens (tertiary/aromatic N) is 1. The van der Waals surface area contributed by atoms with Crippen LogP contribution in [0, 0.1) is 0 Å². The predicted octanol–water partition coefficient (Wildman–Crippen LogP) is 2.72. The Morgan fingerprint density at radius 2 is 2.05 bits per heavy atom. The highest BCUT2D eigenvalue weighted by atomic mass is 16.7. The third-order valence-corrected chi connectivity index (χ3v) is 3.04. The van der Waals surface area contributed by atoms with Crippen molar-refractivity contribution in [2.75, 3.05) is 13.4 Å². The first-order valence-corrected chi connectivity index (χ1v) is 6.40. The van der Waals surface area contributed by atoms with Crippen LogP contribution in [0.3, 0.4) is 0 Å². The Labute approximate surface area is 112 Å². The van der Waals surface area contributed by atoms with Crippen LogP contribution in [-0.2, 0) is 11.2 Å². The largest absolute Gasteiger partial charge is 0.475 e. The van der Waals surface area contributed by atoms with Gasteiger partial charge in [-0.05, 0) is 44.0 Å². The summed E-state index contributed by atoms with van der Waals surface area (Å²) in [7, 11) is 0. The van der Waals surface area contributed by atoms with Crippen LogP contribution in [-0.4, -0.2) is 24.8 Å². The highest BCUT2D eigenvalue weighted by molar-refractivity contribution is 5.89. The van der Waals surface area contributed by atoms with E-state index in [2.05, 4.69) is 24.9 Å². The van der Waals surface area contributed by atoms with E-state index in [0.29, 0.717) is 19.3 Å². The summed E-state index contributed by atoms with van der Waals surface area (Å²) in [6, 6.07) is 5.99. The summed E-state index contributed by atoms with van der Waals surface area (Å²) in [5.41, 5.74) is 1.08. The Morgan fingerprint density at radius 3 is 2.84 bits per heavy atom. The van der Waals surface area contributed by atoms with Crippen LogP contribution >= 0.6 is 0 Å². The van der Waals surface area contributed by atoms with Gasteiger partial charge in [-0.15, -0.1) is 0 Å². The lowest BCUT2D eigenvalue weighted by Crippen LogP contribution is -2.17. The second kappa shape index (κ2) is 4.61. The molecule has 4 heteroatoms. The van der Waals surface area contributed by atoms with Gasteiger partial charge in [-0.3, -0.25) is 0 Å². The molecule has 100 valence electrons. The number of benzene rings is 1. The highest BCUT2D eigenvalue weighted by Gasteiger charge is 2.24. The third-order valence-electron chi connectivity index (χ3n) is 3.04. The van der Waals surface area contributed by atoms with Crippen LogP contribution in [0.25, 0.3) is 0 Å². The van der Waals surface area contributed by atoms with Crippen LogP contribution < -0.4 is 9.47 Å². The second-order valence-electron chi connectivity index (χ2n) is 5.35. The van der Waals surface area contributed by atoms with E-state index in [0.717, 1.165) is 17.9 Å². The molecule has 19 heavy (non-hydrogen) atoms. The summed E-state index contributed by atoms with van der Waals surface area (Å²) in [6.07, 6.45) is 4.80. The summed E-state index contributed by atoms with van der Waals surface area (Å²) >= 11 is 0. The van der Waals surface area contributed by atoms with Crippen LogP contribution in [0.2, 0.25) is 0 Å². The molecule has 3 rings (SSSR count). The quantitative estimate of drug-likeness (QED) is 0.838. The Kier molecular flexibility index (Phi) is 2.93. The normalized spacial score (nSPS) is 19.6. The topological polar surface area (TPSA) is 40.0 Å². The Balaban J connectivity index is 1.64. The van der Waals surface area contributed by atoms with Gasteiger partial charge in [-0.1, -0.05) is 12.1 Å². The van der Waals surface area contributed by atoms with Gasteiger partial charge in [0.15, 0.2) is 11.5 Å². The maximum absolute atomic E-state index is 5.50. The molecule has 0 saturated carbocycles. The van der Waals surface area contributed by atoms with E-state index in [4.69, 9.17) is 14.2 Å². The Hall–Kier alpha value is -1.97. The summed E-state index contributed by atoms with van der Waals surface area (Å²) in [5, 5.41) is 0. The molecule has 0 aromatic heterocycles. The summed E-state index contributed by atoms with van der Waals surface area (Å²) in [5.74, 6) is 2.35. The molecule has 0 spiro atoms. The molecule has 2 aliphatic rings. The number of fused-ring (bicyclic) bond motifs is 1. The van der Waals surface area contributed by atoms with Crippen LogP contribution in [0.5, 0.6) is 11.5 Å². The first-order valence-electron chi connectivity index (χ1n) is 6.40. The molecular formula is C15H17NO3. The Morgan fingerprint density at radius 1 is 1.21 bits per heavy atom. The van der Waals surface area contributed by atoms with Crippen molar-refractivity contribution in [3.63, 3.8) is 0 Å². The van der Waals surface area contributed by atoms with Gasteiger partial charge >= 0.3 is 0 Å². The number of hydrogen-bond acceptors (Lipinski definition) is 4. The second-order valence-corrected chi connectivity index (χ2v) is 5.35. The Bertz CT molecular complexity index is 546. The van der Waals surface area contributed by atoms with Crippen molar-refractivity contribution < 1.29 is 14.2 Å². The van der Waals surface area contributed by atoms with Gasteiger partial charge in [0.25, 0.3) is 0 Å². The van der Waals surface area contributed by atoms with Crippen molar-refractivity contribution in [2.24, 2.45) is 4.99 Å². The molecule has 0 radical (unpaired) electrons. The van der Waals surface area contributed by atoms with Crippen LogP contribution in [0.1, 0.15) is 19.4 Å². The lowest BCUT2D eigenvalue weighted by atomic mass is 10.1. The molecule has 2 heterocycles. The smallest absolute Gasteiger partial charge is 0.231 e. The zero-order valence-electron chi connectivity index (χ0n) is 11.2. The van der Waals surface area contributed by atoms with Gasteiger partial charge in [0, 0.05) is 0 Å². The zero-order chi connectivity index (χ0) is 13.3. The SMILES string of the molecule is CC1(C)COC(/C=C/Cc2ccc3c(c2)OCO3)=N1. The van der Waals surface area contributed by atoms with Gasteiger partial charge in [0.05, 0.1) is 5.54 Å². The molecular weight excluding hydrogens is 242 g/mol. The van der Waals surface area contributed by atoms with Gasteiger partial charge in [-0.2, -0.15) is 0 Å². The zero-order valence-corrected chi connectivity index (χ0v) is 11.2. The first-order chi connectivity index (χ1) is 9.12. The minimum atomic E-state index is -0.0988. The fourth-order valence-electron chi connectivity index (χ4n) is 2.06. The molecule has 1 aromatic carbocycles. The van der Waals surface area contributed by atoms with Gasteiger partial charge in [0.2, 0.25) is 12.7 Å². The fraction of sp³-hybridized carbons (Fsp3) is 0.400. The van der Waals surface area contributed by atoms with Crippen molar-refractivity contribution in [2.45, 2.75) is 25.8 Å². The standard InChI is InChI=1S/C15H17NO3/c1-15(2)9-17-14(16-15)5-3-4-11-6-7-12-13(8-11)19-10-18-12/h3,5-8H,4,9-10H2,1-2H3/b5-3+. The lowest BCUT2D eigenvalue weighted by molar-refractivity contribution is 0.174. The van der Waals surface area contributed by atoms with Crippen molar-refractivity contribution in [3.8, 4) is 11.5 Å². The average Bonchev–Trinajstić information content (AvgIpc) is 2.95. The minimum absolute atomic E-state index is 0.0988. The minimum Gasteiger partial charge on any atom is -0.475 e. The molecule has 0 atom stereocenters. The maximum atomic E-state index is 5.50. The van der Waals surface area contributed by atoms with Gasteiger partial charge in [0.1, 0.15) is 6.61 Å². The summed E-state index contributed by atoms with van der Waals surface area (Å²) in [6.45, 7) is 5.09. The van der Waals surface area contributed by atoms with Crippen molar-refractivity contribution in [1.29, 1.82) is 0 Å².